The van der Waals surface area contributed by atoms with Crippen LogP contribution in [0.15, 0.2) is 55.1 Å². The average Bonchev–Trinajstić information content (AvgIpc) is 3.25. The number of hydrogen-bond acceptors (Lipinski definition) is 4. The third-order valence-electron chi connectivity index (χ3n) is 4.04. The minimum absolute atomic E-state index is 0.149. The molecule has 2 N–H and O–H groups in total. The second-order valence-electron chi connectivity index (χ2n) is 5.73. The van der Waals surface area contributed by atoms with Gasteiger partial charge in [0.2, 0.25) is 0 Å². The number of aromatic nitrogens is 5. The van der Waals surface area contributed by atoms with Gasteiger partial charge in [-0.2, -0.15) is 5.10 Å². The van der Waals surface area contributed by atoms with Crippen LogP contribution >= 0.6 is 0 Å². The van der Waals surface area contributed by atoms with Crippen LogP contribution < -0.4 is 5.32 Å². The molecular formula is C18H16N6O. The van der Waals surface area contributed by atoms with Crippen molar-refractivity contribution in [1.82, 2.24) is 30.0 Å². The lowest BCUT2D eigenvalue weighted by Gasteiger charge is -2.05. The van der Waals surface area contributed by atoms with E-state index in [2.05, 4.69) is 25.5 Å². The molecule has 0 saturated heterocycles. The summed E-state index contributed by atoms with van der Waals surface area (Å²) in [5.41, 5.74) is 3.93. The Morgan fingerprint density at radius 2 is 2.20 bits per heavy atom. The summed E-state index contributed by atoms with van der Waals surface area (Å²) in [6.07, 6.45) is 5.20. The Kier molecular flexibility index (Phi) is 3.74. The molecule has 4 aromatic rings. The van der Waals surface area contributed by atoms with Crippen molar-refractivity contribution >= 4 is 16.8 Å². The monoisotopic (exact) mass is 332 g/mol. The molecule has 25 heavy (non-hydrogen) atoms. The highest BCUT2D eigenvalue weighted by Gasteiger charge is 2.13. The van der Waals surface area contributed by atoms with Gasteiger partial charge >= 0.3 is 0 Å². The Morgan fingerprint density at radius 1 is 1.28 bits per heavy atom. The van der Waals surface area contributed by atoms with Crippen LogP contribution in [0.3, 0.4) is 0 Å². The SMILES string of the molecule is Cn1cncc1-c1n[nH]c2cc(C(=O)NCc3ccccn3)ccc12. The first kappa shape index (κ1) is 15.1. The van der Waals surface area contributed by atoms with Crippen LogP contribution in [0, 0.1) is 0 Å². The lowest BCUT2D eigenvalue weighted by atomic mass is 10.1. The number of benzene rings is 1. The number of H-pyrrole nitrogens is 1. The van der Waals surface area contributed by atoms with Crippen LogP contribution in [0.2, 0.25) is 0 Å². The van der Waals surface area contributed by atoms with Gasteiger partial charge in [0.05, 0.1) is 36.0 Å². The maximum Gasteiger partial charge on any atom is 0.251 e. The molecule has 0 unspecified atom stereocenters. The maximum absolute atomic E-state index is 12.4. The van der Waals surface area contributed by atoms with E-state index >= 15 is 0 Å². The maximum atomic E-state index is 12.4. The summed E-state index contributed by atoms with van der Waals surface area (Å²) in [6, 6.07) is 11.1. The fourth-order valence-electron chi connectivity index (χ4n) is 2.72. The summed E-state index contributed by atoms with van der Waals surface area (Å²) >= 11 is 0. The number of amides is 1. The van der Waals surface area contributed by atoms with E-state index in [0.29, 0.717) is 12.1 Å². The van der Waals surface area contributed by atoms with Gasteiger partial charge in [-0.05, 0) is 30.3 Å². The van der Waals surface area contributed by atoms with Gasteiger partial charge in [-0.15, -0.1) is 0 Å². The molecule has 0 aliphatic rings. The molecule has 0 aliphatic heterocycles. The first-order valence-electron chi connectivity index (χ1n) is 7.85. The van der Waals surface area contributed by atoms with Crippen LogP contribution in [0.4, 0.5) is 0 Å². The number of imidazole rings is 1. The standard InChI is InChI=1S/C18H16N6O/c1-24-11-19-10-16(24)17-14-6-5-12(8-15(14)22-23-17)18(25)21-9-13-4-2-3-7-20-13/h2-8,10-11H,9H2,1H3,(H,21,25)(H,22,23). The number of pyridine rings is 1. The summed E-state index contributed by atoms with van der Waals surface area (Å²) in [7, 11) is 1.92. The predicted octanol–water partition coefficient (Wildman–Crippen LogP) is 2.29. The fourth-order valence-corrected chi connectivity index (χ4v) is 2.72. The molecular weight excluding hydrogens is 316 g/mol. The summed E-state index contributed by atoms with van der Waals surface area (Å²) in [6.45, 7) is 0.390. The predicted molar refractivity (Wildman–Crippen MR) is 93.7 cm³/mol. The number of nitrogens with zero attached hydrogens (tertiary/aromatic N) is 4. The zero-order chi connectivity index (χ0) is 17.2. The molecule has 0 atom stereocenters. The highest BCUT2D eigenvalue weighted by molar-refractivity contribution is 6.00. The summed E-state index contributed by atoms with van der Waals surface area (Å²) in [5.74, 6) is -0.149. The van der Waals surface area contributed by atoms with E-state index in [1.807, 2.05) is 35.9 Å². The van der Waals surface area contributed by atoms with Gasteiger partial charge in [-0.1, -0.05) is 6.07 Å². The second-order valence-corrected chi connectivity index (χ2v) is 5.73. The van der Waals surface area contributed by atoms with Crippen LogP contribution in [0.1, 0.15) is 16.1 Å². The van der Waals surface area contributed by atoms with Crippen molar-refractivity contribution < 1.29 is 4.79 Å². The van der Waals surface area contributed by atoms with Gasteiger partial charge in [0.25, 0.3) is 5.91 Å². The zero-order valence-corrected chi connectivity index (χ0v) is 13.6. The van der Waals surface area contributed by atoms with Crippen molar-refractivity contribution in [3.05, 3.63) is 66.4 Å². The summed E-state index contributed by atoms with van der Waals surface area (Å²) in [5, 5.41) is 11.2. The van der Waals surface area contributed by atoms with E-state index in [1.165, 1.54) is 0 Å². The molecule has 124 valence electrons. The van der Waals surface area contributed by atoms with Gasteiger partial charge in [-0.25, -0.2) is 4.98 Å². The number of aryl methyl sites for hydroxylation is 1. The fraction of sp³-hybridized carbons (Fsp3) is 0.111. The van der Waals surface area contributed by atoms with Crippen molar-refractivity contribution in [2.45, 2.75) is 6.54 Å². The lowest BCUT2D eigenvalue weighted by Crippen LogP contribution is -2.23. The lowest BCUT2D eigenvalue weighted by molar-refractivity contribution is 0.0950. The number of fused-ring (bicyclic) bond motifs is 1. The first-order valence-corrected chi connectivity index (χ1v) is 7.85. The third-order valence-corrected chi connectivity index (χ3v) is 4.04. The Morgan fingerprint density at radius 3 is 2.96 bits per heavy atom. The molecule has 3 aromatic heterocycles. The highest BCUT2D eigenvalue weighted by Crippen LogP contribution is 2.26. The minimum Gasteiger partial charge on any atom is -0.346 e. The quantitative estimate of drug-likeness (QED) is 0.600. The first-order chi connectivity index (χ1) is 12.2. The number of nitrogens with one attached hydrogen (secondary N) is 2. The number of carbonyl (C=O) groups is 1. The average molecular weight is 332 g/mol. The second kappa shape index (κ2) is 6.20. The molecule has 0 fully saturated rings. The molecule has 0 saturated carbocycles. The van der Waals surface area contributed by atoms with Crippen LogP contribution in [-0.4, -0.2) is 30.6 Å². The van der Waals surface area contributed by atoms with Crippen molar-refractivity contribution in [3.8, 4) is 11.4 Å². The van der Waals surface area contributed by atoms with Gasteiger partial charge in [-0.3, -0.25) is 14.9 Å². The molecule has 0 aliphatic carbocycles. The molecule has 0 spiro atoms. The Bertz CT molecular complexity index is 1030. The molecule has 0 bridgehead atoms. The van der Waals surface area contributed by atoms with Crippen molar-refractivity contribution in [3.63, 3.8) is 0 Å². The number of aromatic amines is 1. The Hall–Kier alpha value is -3.48. The van der Waals surface area contributed by atoms with Crippen molar-refractivity contribution in [2.24, 2.45) is 7.05 Å². The molecule has 1 amide bonds. The van der Waals surface area contributed by atoms with E-state index in [1.54, 1.807) is 30.9 Å². The molecule has 4 rings (SSSR count). The normalized spacial score (nSPS) is 10.9. The molecule has 1 aromatic carbocycles. The molecule has 7 nitrogen and oxygen atoms in total. The van der Waals surface area contributed by atoms with Crippen LogP contribution in [-0.2, 0) is 13.6 Å². The summed E-state index contributed by atoms with van der Waals surface area (Å²) in [4.78, 5) is 20.7. The minimum atomic E-state index is -0.149. The van der Waals surface area contributed by atoms with Gasteiger partial charge in [0, 0.05) is 24.2 Å². The van der Waals surface area contributed by atoms with Gasteiger partial charge in [0.1, 0.15) is 5.69 Å². The molecule has 0 radical (unpaired) electrons. The van der Waals surface area contributed by atoms with Crippen molar-refractivity contribution in [1.29, 1.82) is 0 Å². The van der Waals surface area contributed by atoms with Crippen molar-refractivity contribution in [2.75, 3.05) is 0 Å². The third kappa shape index (κ3) is 2.87. The van der Waals surface area contributed by atoms with Crippen LogP contribution in [0.25, 0.3) is 22.3 Å². The van der Waals surface area contributed by atoms with E-state index in [-0.39, 0.29) is 5.91 Å². The number of carbonyl (C=O) groups excluding carboxylic acids is 1. The Labute approximate surface area is 143 Å². The molecule has 3 heterocycles. The van der Waals surface area contributed by atoms with Crippen LogP contribution in [0.5, 0.6) is 0 Å². The van der Waals surface area contributed by atoms with E-state index in [9.17, 15) is 4.79 Å². The zero-order valence-electron chi connectivity index (χ0n) is 13.6. The largest absolute Gasteiger partial charge is 0.346 e. The van der Waals surface area contributed by atoms with E-state index < -0.39 is 0 Å². The van der Waals surface area contributed by atoms with Gasteiger partial charge in [0.15, 0.2) is 0 Å². The highest BCUT2D eigenvalue weighted by atomic mass is 16.1. The molecule has 7 heteroatoms. The Balaban J connectivity index is 1.57. The number of rotatable bonds is 4. The van der Waals surface area contributed by atoms with Gasteiger partial charge < -0.3 is 9.88 Å². The summed E-state index contributed by atoms with van der Waals surface area (Å²) < 4.78 is 1.91. The van der Waals surface area contributed by atoms with E-state index in [0.717, 1.165) is 28.0 Å². The number of hydrogen-bond donors (Lipinski definition) is 2. The topological polar surface area (TPSA) is 88.5 Å². The van der Waals surface area contributed by atoms with E-state index in [4.69, 9.17) is 0 Å². The smallest absolute Gasteiger partial charge is 0.251 e.